The Morgan fingerprint density at radius 2 is 1.71 bits per heavy atom. The summed E-state index contributed by atoms with van der Waals surface area (Å²) in [5.41, 5.74) is 9.19. The van der Waals surface area contributed by atoms with Crippen molar-refractivity contribution in [2.75, 3.05) is 0 Å². The number of rotatable bonds is 4. The van der Waals surface area contributed by atoms with E-state index in [1.54, 1.807) is 48.8 Å². The second-order valence-corrected chi connectivity index (χ2v) is 10.1. The lowest BCUT2D eigenvalue weighted by molar-refractivity contribution is -0.192. The summed E-state index contributed by atoms with van der Waals surface area (Å²) >= 11 is 13.6. The van der Waals surface area contributed by atoms with Crippen LogP contribution in [0.2, 0.25) is 10.0 Å². The number of nitrogens with zero attached hydrogens (tertiary/aromatic N) is 3. The van der Waals surface area contributed by atoms with Gasteiger partial charge in [-0.05, 0) is 65.4 Å². The number of hydrogen-bond donors (Lipinski definition) is 3. The molecule has 2 amide bonds. The van der Waals surface area contributed by atoms with Crippen LogP contribution in [0.5, 0.6) is 0 Å². The number of aromatic nitrogens is 2. The third-order valence-corrected chi connectivity index (χ3v) is 6.99. The zero-order valence-corrected chi connectivity index (χ0v) is 23.1. The van der Waals surface area contributed by atoms with Crippen LogP contribution in [0, 0.1) is 0 Å². The number of amidine groups is 1. The van der Waals surface area contributed by atoms with E-state index in [1.807, 2.05) is 18.2 Å². The molecule has 42 heavy (non-hydrogen) atoms. The molecule has 2 aromatic carbocycles. The van der Waals surface area contributed by atoms with Crippen LogP contribution in [0.15, 0.2) is 77.0 Å². The van der Waals surface area contributed by atoms with Gasteiger partial charge in [-0.15, -0.1) is 0 Å². The molecule has 0 spiro atoms. The fourth-order valence-electron chi connectivity index (χ4n) is 3.65. The molecule has 0 unspecified atom stereocenters. The number of nitrogens with one attached hydrogen (secondary N) is 1. The van der Waals surface area contributed by atoms with Crippen LogP contribution < -0.4 is 11.1 Å². The first-order valence-electron chi connectivity index (χ1n) is 11.5. The zero-order valence-electron chi connectivity index (χ0n) is 20.8. The smallest absolute Gasteiger partial charge is 0.475 e. The van der Waals surface area contributed by atoms with Crippen molar-refractivity contribution in [1.29, 1.82) is 0 Å². The van der Waals surface area contributed by atoms with Gasteiger partial charge in [-0.1, -0.05) is 35.3 Å². The Kier molecular flexibility index (Phi) is 9.14. The molecule has 0 saturated carbocycles. The van der Waals surface area contributed by atoms with Gasteiger partial charge in [0.15, 0.2) is 5.17 Å². The first-order chi connectivity index (χ1) is 19.8. The monoisotopic (exact) mass is 633 g/mol. The van der Waals surface area contributed by atoms with Crippen molar-refractivity contribution in [2.24, 2.45) is 10.7 Å². The maximum Gasteiger partial charge on any atom is 0.490 e. The maximum absolute atomic E-state index is 12.6. The van der Waals surface area contributed by atoms with Gasteiger partial charge >= 0.3 is 12.1 Å². The topological polar surface area (TPSA) is 148 Å². The molecular weight excluding hydrogens is 618 g/mol. The molecule has 2 aromatic heterocycles. The normalized spacial score (nSPS) is 14.9. The number of nitrogens with two attached hydrogens (primary N) is 1. The van der Waals surface area contributed by atoms with E-state index in [4.69, 9.17) is 38.8 Å². The third kappa shape index (κ3) is 7.05. The number of alkyl halides is 3. The number of benzene rings is 2. The standard InChI is InChI=1S/C25H15Cl2N5O2S.C2HF3O2/c26-17-2-1-3-18(27)22(17)31-25-32-24(34)20(35-25)11-13-4-5-19-15(10-13)21(14-6-8-29-9-7-14)16(12-30-19)23(28)33;3-2(4,5)1(6)7/h1-12H,(H2,28,33)(H,31,32,34);(H,6,7)/b20-11-;. The minimum Gasteiger partial charge on any atom is -0.475 e. The third-order valence-electron chi connectivity index (χ3n) is 5.47. The van der Waals surface area contributed by atoms with Crippen LogP contribution in [-0.2, 0) is 9.59 Å². The summed E-state index contributed by atoms with van der Waals surface area (Å²) in [7, 11) is 0. The fraction of sp³-hybridized carbons (Fsp3) is 0.0370. The van der Waals surface area contributed by atoms with Crippen molar-refractivity contribution in [3.05, 3.63) is 93.2 Å². The van der Waals surface area contributed by atoms with E-state index in [9.17, 15) is 22.8 Å². The molecule has 4 N–H and O–H groups in total. The van der Waals surface area contributed by atoms with E-state index in [0.717, 1.165) is 16.5 Å². The van der Waals surface area contributed by atoms with Crippen molar-refractivity contribution in [3.63, 3.8) is 0 Å². The Bertz CT molecular complexity index is 1760. The van der Waals surface area contributed by atoms with Crippen LogP contribution in [0.3, 0.4) is 0 Å². The number of aliphatic imine (C=N–C) groups is 1. The number of carboxylic acid groups (broad SMARTS) is 1. The average molecular weight is 634 g/mol. The van der Waals surface area contributed by atoms with Crippen LogP contribution in [0.1, 0.15) is 15.9 Å². The number of amides is 2. The molecule has 1 saturated heterocycles. The first-order valence-corrected chi connectivity index (χ1v) is 13.1. The highest BCUT2D eigenvalue weighted by Crippen LogP contribution is 2.36. The summed E-state index contributed by atoms with van der Waals surface area (Å²) in [5, 5.41) is 11.7. The van der Waals surface area contributed by atoms with Crippen LogP contribution in [-0.4, -0.2) is 44.2 Å². The minimum absolute atomic E-state index is 0.296. The fourth-order valence-corrected chi connectivity index (χ4v) is 4.96. The zero-order chi connectivity index (χ0) is 30.6. The van der Waals surface area contributed by atoms with E-state index in [2.05, 4.69) is 20.3 Å². The lowest BCUT2D eigenvalue weighted by atomic mass is 9.95. The van der Waals surface area contributed by atoms with Gasteiger partial charge in [0.2, 0.25) is 0 Å². The number of halogens is 5. The molecule has 0 atom stereocenters. The lowest BCUT2D eigenvalue weighted by Gasteiger charge is -2.11. The summed E-state index contributed by atoms with van der Waals surface area (Å²) in [5.74, 6) is -3.64. The maximum atomic E-state index is 12.6. The summed E-state index contributed by atoms with van der Waals surface area (Å²) < 4.78 is 31.7. The van der Waals surface area contributed by atoms with Gasteiger partial charge in [0.1, 0.15) is 5.69 Å². The second-order valence-electron chi connectivity index (χ2n) is 8.28. The molecule has 5 rings (SSSR count). The van der Waals surface area contributed by atoms with Crippen molar-refractivity contribution in [1.82, 2.24) is 15.3 Å². The molecule has 9 nitrogen and oxygen atoms in total. The van der Waals surface area contributed by atoms with Crippen LogP contribution in [0.25, 0.3) is 28.1 Å². The molecule has 1 fully saturated rings. The lowest BCUT2D eigenvalue weighted by Crippen LogP contribution is -2.21. The molecule has 214 valence electrons. The van der Waals surface area contributed by atoms with Gasteiger partial charge < -0.3 is 16.2 Å². The molecule has 0 aliphatic carbocycles. The van der Waals surface area contributed by atoms with Crippen molar-refractivity contribution >= 4 is 80.6 Å². The van der Waals surface area contributed by atoms with Gasteiger partial charge in [0, 0.05) is 29.5 Å². The highest BCUT2D eigenvalue weighted by atomic mass is 35.5. The number of pyridine rings is 2. The number of hydrogen-bond acceptors (Lipinski definition) is 7. The second kappa shape index (κ2) is 12.6. The minimum atomic E-state index is -5.08. The van der Waals surface area contributed by atoms with Gasteiger partial charge in [-0.3, -0.25) is 19.6 Å². The SMILES string of the molecule is NC(=O)c1cnc2ccc(/C=C3\SC(=Nc4c(Cl)cccc4Cl)NC3=O)cc2c1-c1ccncc1.O=C(O)C(F)(F)F. The van der Waals surface area contributed by atoms with E-state index in [0.29, 0.717) is 42.4 Å². The Morgan fingerprint density at radius 3 is 2.31 bits per heavy atom. The quantitative estimate of drug-likeness (QED) is 0.226. The summed E-state index contributed by atoms with van der Waals surface area (Å²) in [4.78, 5) is 46.9. The van der Waals surface area contributed by atoms with Gasteiger partial charge in [0.25, 0.3) is 11.8 Å². The molecular formula is C27H16Cl2F3N5O4S. The Balaban J connectivity index is 0.000000517. The number of carbonyl (C=O) groups excluding carboxylic acids is 2. The molecule has 4 aromatic rings. The number of para-hydroxylation sites is 1. The summed E-state index contributed by atoms with van der Waals surface area (Å²) in [6.07, 6.45) is 1.42. The van der Waals surface area contributed by atoms with Crippen molar-refractivity contribution in [2.45, 2.75) is 6.18 Å². The highest BCUT2D eigenvalue weighted by molar-refractivity contribution is 8.18. The molecule has 1 aliphatic rings. The molecule has 1 aliphatic heterocycles. The Morgan fingerprint density at radius 1 is 1.07 bits per heavy atom. The largest absolute Gasteiger partial charge is 0.490 e. The number of aliphatic carboxylic acids is 1. The van der Waals surface area contributed by atoms with Gasteiger partial charge in [-0.2, -0.15) is 13.2 Å². The molecule has 0 bridgehead atoms. The van der Waals surface area contributed by atoms with E-state index >= 15 is 0 Å². The van der Waals surface area contributed by atoms with Gasteiger partial charge in [-0.25, -0.2) is 9.79 Å². The molecule has 0 radical (unpaired) electrons. The molecule has 15 heteroatoms. The molecule has 3 heterocycles. The predicted octanol–water partition coefficient (Wildman–Crippen LogP) is 6.23. The predicted molar refractivity (Wildman–Crippen MR) is 154 cm³/mol. The summed E-state index contributed by atoms with van der Waals surface area (Å²) in [6, 6.07) is 14.2. The van der Waals surface area contributed by atoms with Crippen LogP contribution in [0.4, 0.5) is 18.9 Å². The number of primary amides is 1. The van der Waals surface area contributed by atoms with Gasteiger partial charge in [0.05, 0.1) is 26.0 Å². The van der Waals surface area contributed by atoms with Crippen molar-refractivity contribution in [3.8, 4) is 11.1 Å². The number of thioether (sulfide) groups is 1. The Hall–Kier alpha value is -4.46. The first kappa shape index (κ1) is 30.5. The Labute approximate surface area is 249 Å². The summed E-state index contributed by atoms with van der Waals surface area (Å²) in [6.45, 7) is 0. The number of fused-ring (bicyclic) bond motifs is 1. The highest BCUT2D eigenvalue weighted by Gasteiger charge is 2.38. The van der Waals surface area contributed by atoms with Crippen LogP contribution >= 0.6 is 35.0 Å². The number of carbonyl (C=O) groups is 3. The average Bonchev–Trinajstić information content (AvgIpc) is 3.28. The van der Waals surface area contributed by atoms with Crippen molar-refractivity contribution < 1.29 is 32.7 Å². The number of carboxylic acids is 1. The van der Waals surface area contributed by atoms with E-state index < -0.39 is 18.1 Å². The van der Waals surface area contributed by atoms with E-state index in [1.165, 1.54) is 18.0 Å². The van der Waals surface area contributed by atoms with E-state index in [-0.39, 0.29) is 5.91 Å².